The number of hydrogen-bond donors (Lipinski definition) is 1. The lowest BCUT2D eigenvalue weighted by atomic mass is 10.1. The van der Waals surface area contributed by atoms with Gasteiger partial charge in [-0.2, -0.15) is 0 Å². The number of rotatable bonds is 8. The number of nitrogens with zero attached hydrogens (tertiary/aromatic N) is 3. The summed E-state index contributed by atoms with van der Waals surface area (Å²) in [6, 6.07) is 5.44. The summed E-state index contributed by atoms with van der Waals surface area (Å²) >= 11 is 0. The Kier molecular flexibility index (Phi) is 7.29. The van der Waals surface area contributed by atoms with Crippen molar-refractivity contribution in [3.8, 4) is 11.8 Å². The van der Waals surface area contributed by atoms with E-state index in [1.54, 1.807) is 4.57 Å². The fraction of sp³-hybridized carbons (Fsp3) is 0.571. The summed E-state index contributed by atoms with van der Waals surface area (Å²) < 4.78 is 54.9. The van der Waals surface area contributed by atoms with E-state index in [0.717, 1.165) is 5.56 Å². The molecule has 0 saturated carbocycles. The lowest BCUT2D eigenvalue weighted by molar-refractivity contribution is -0.389. The topological polar surface area (TPSA) is 101 Å². The van der Waals surface area contributed by atoms with E-state index < -0.39 is 25.7 Å². The molecule has 188 valence electrons. The van der Waals surface area contributed by atoms with Crippen molar-refractivity contribution in [2.24, 2.45) is 0 Å². The average Bonchev–Trinajstić information content (AvgIpc) is 3.12. The lowest BCUT2D eigenvalue weighted by Crippen LogP contribution is -2.53. The fourth-order valence-electron chi connectivity index (χ4n) is 3.16. The predicted octanol–water partition coefficient (Wildman–Crippen LogP) is 4.63. The van der Waals surface area contributed by atoms with Crippen molar-refractivity contribution in [3.05, 3.63) is 46.1 Å². The minimum atomic E-state index is -4.75. The Morgan fingerprint density at radius 2 is 1.91 bits per heavy atom. The number of alkyl halides is 3. The third-order valence-electron chi connectivity index (χ3n) is 6.15. The van der Waals surface area contributed by atoms with Crippen LogP contribution in [0, 0.1) is 10.1 Å². The number of nitrogens with one attached hydrogen (secondary N) is 1. The molecule has 34 heavy (non-hydrogen) atoms. The second kappa shape index (κ2) is 9.54. The van der Waals surface area contributed by atoms with Crippen LogP contribution in [0.2, 0.25) is 18.1 Å². The number of benzene rings is 1. The van der Waals surface area contributed by atoms with Crippen molar-refractivity contribution < 1.29 is 32.0 Å². The summed E-state index contributed by atoms with van der Waals surface area (Å²) in [7, 11) is -2.08. The third kappa shape index (κ3) is 6.48. The van der Waals surface area contributed by atoms with Crippen LogP contribution in [0.1, 0.15) is 26.3 Å². The summed E-state index contributed by atoms with van der Waals surface area (Å²) in [5.41, 5.74) is 0.737. The van der Waals surface area contributed by atoms with Gasteiger partial charge in [0.25, 0.3) is 0 Å². The molecule has 1 aliphatic rings. The first-order chi connectivity index (χ1) is 15.6. The van der Waals surface area contributed by atoms with E-state index in [9.17, 15) is 23.3 Å². The van der Waals surface area contributed by atoms with E-state index >= 15 is 0 Å². The Morgan fingerprint density at radius 1 is 1.26 bits per heavy atom. The molecule has 1 aromatic carbocycles. The molecule has 9 nitrogen and oxygen atoms in total. The van der Waals surface area contributed by atoms with Gasteiger partial charge in [-0.05, 0) is 40.8 Å². The zero-order valence-electron chi connectivity index (χ0n) is 19.7. The lowest BCUT2D eigenvalue weighted by Gasteiger charge is -2.39. The summed E-state index contributed by atoms with van der Waals surface area (Å²) in [5, 5.41) is 14.5. The molecule has 2 atom stereocenters. The van der Waals surface area contributed by atoms with Crippen molar-refractivity contribution in [2.75, 3.05) is 6.61 Å². The number of ether oxygens (including phenoxy) is 2. The van der Waals surface area contributed by atoms with Crippen molar-refractivity contribution in [1.82, 2.24) is 14.9 Å². The van der Waals surface area contributed by atoms with Crippen LogP contribution in [-0.4, -0.2) is 47.9 Å². The highest BCUT2D eigenvalue weighted by Gasteiger charge is 2.41. The molecule has 0 bridgehead atoms. The first-order valence-corrected chi connectivity index (χ1v) is 13.7. The molecule has 0 fully saturated rings. The molecular weight excluding hydrogens is 473 g/mol. The van der Waals surface area contributed by atoms with Gasteiger partial charge >= 0.3 is 18.2 Å². The van der Waals surface area contributed by atoms with Gasteiger partial charge in [0.05, 0.1) is 12.6 Å². The van der Waals surface area contributed by atoms with E-state index in [0.29, 0.717) is 13.1 Å². The molecule has 1 aliphatic heterocycles. The maximum atomic E-state index is 12.4. The molecule has 13 heteroatoms. The highest BCUT2D eigenvalue weighted by Crippen LogP contribution is 2.37. The van der Waals surface area contributed by atoms with Gasteiger partial charge in [0, 0.05) is 18.1 Å². The molecule has 0 radical (unpaired) electrons. The van der Waals surface area contributed by atoms with Crippen LogP contribution in [0.5, 0.6) is 11.8 Å². The van der Waals surface area contributed by atoms with Gasteiger partial charge in [-0.1, -0.05) is 32.9 Å². The Bertz CT molecular complexity index is 1010. The van der Waals surface area contributed by atoms with Crippen LogP contribution in [-0.2, 0) is 17.5 Å². The first kappa shape index (κ1) is 26.0. The number of hydrogen-bond acceptors (Lipinski definition) is 7. The van der Waals surface area contributed by atoms with Crippen LogP contribution in [0.25, 0.3) is 0 Å². The highest BCUT2D eigenvalue weighted by atomic mass is 28.4. The third-order valence-corrected chi connectivity index (χ3v) is 10.7. The van der Waals surface area contributed by atoms with E-state index in [4.69, 9.17) is 9.16 Å². The molecular formula is C21H29F3N4O5Si. The van der Waals surface area contributed by atoms with Crippen molar-refractivity contribution in [2.45, 2.75) is 70.5 Å². The number of imidazole rings is 1. The quantitative estimate of drug-likeness (QED) is 0.319. The van der Waals surface area contributed by atoms with Crippen LogP contribution < -0.4 is 14.8 Å². The molecule has 2 aromatic rings. The molecule has 0 spiro atoms. The van der Waals surface area contributed by atoms with Gasteiger partial charge < -0.3 is 29.3 Å². The largest absolute Gasteiger partial charge is 0.573 e. The Balaban J connectivity index is 1.72. The summed E-state index contributed by atoms with van der Waals surface area (Å²) in [4.78, 5) is 14.5. The molecule has 3 rings (SSSR count). The molecule has 0 saturated heterocycles. The van der Waals surface area contributed by atoms with Gasteiger partial charge in [0.2, 0.25) is 0 Å². The first-order valence-electron chi connectivity index (χ1n) is 10.7. The van der Waals surface area contributed by atoms with Gasteiger partial charge in [0.1, 0.15) is 18.1 Å². The zero-order chi connectivity index (χ0) is 25.3. The molecule has 1 N–H and O–H groups in total. The zero-order valence-corrected chi connectivity index (χ0v) is 20.7. The van der Waals surface area contributed by atoms with E-state index in [2.05, 4.69) is 48.9 Å². The minimum Gasteiger partial charge on any atom is -0.438 e. The number of nitro groups is 1. The van der Waals surface area contributed by atoms with Crippen LogP contribution >= 0.6 is 0 Å². The van der Waals surface area contributed by atoms with E-state index in [1.807, 2.05) is 0 Å². The number of fused-ring (bicyclic) bond motifs is 1. The Hall–Kier alpha value is -2.64. The maximum Gasteiger partial charge on any atom is 0.573 e. The molecule has 1 aromatic heterocycles. The number of halogens is 3. The standard InChI is InChI=1S/C21H29F3N4O5Si/c1-20(2,3)34(4,5)31-13-17-16(11-27-12-18(28(29)30)26-19(27)32-17)25-10-14-6-8-15(9-7-14)33-21(22,23)24/h6-9,12,16-17,25H,10-11,13H2,1-5H3/t16-,17-/m0/s1. The Labute approximate surface area is 196 Å². The van der Waals surface area contributed by atoms with Gasteiger partial charge in [-0.25, -0.2) is 0 Å². The molecule has 2 heterocycles. The van der Waals surface area contributed by atoms with Gasteiger partial charge in [-0.3, -0.25) is 4.57 Å². The van der Waals surface area contributed by atoms with E-state index in [1.165, 1.54) is 30.5 Å². The van der Waals surface area contributed by atoms with Crippen molar-refractivity contribution >= 4 is 14.1 Å². The smallest absolute Gasteiger partial charge is 0.438 e. The van der Waals surface area contributed by atoms with Gasteiger partial charge in [0.15, 0.2) is 8.32 Å². The highest BCUT2D eigenvalue weighted by molar-refractivity contribution is 6.74. The normalized spacial score (nSPS) is 18.8. The van der Waals surface area contributed by atoms with E-state index in [-0.39, 0.29) is 35.3 Å². The minimum absolute atomic E-state index is 0.0118. The monoisotopic (exact) mass is 502 g/mol. The molecule has 0 amide bonds. The second-order valence-electron chi connectivity index (χ2n) is 9.70. The molecule has 0 aliphatic carbocycles. The predicted molar refractivity (Wildman–Crippen MR) is 120 cm³/mol. The molecule has 0 unspecified atom stereocenters. The number of aromatic nitrogens is 2. The summed E-state index contributed by atoms with van der Waals surface area (Å²) in [6.07, 6.45) is -3.89. The fourth-order valence-corrected chi connectivity index (χ4v) is 4.17. The summed E-state index contributed by atoms with van der Waals surface area (Å²) in [5.74, 6) is -0.603. The Morgan fingerprint density at radius 3 is 2.47 bits per heavy atom. The van der Waals surface area contributed by atoms with Crippen LogP contribution in [0.15, 0.2) is 30.5 Å². The van der Waals surface area contributed by atoms with Crippen molar-refractivity contribution in [1.29, 1.82) is 0 Å². The van der Waals surface area contributed by atoms with Crippen LogP contribution in [0.3, 0.4) is 0 Å². The SMILES string of the molecule is CC(C)(C)[Si](C)(C)OC[C@@H]1Oc2nc([N+](=O)[O-])cn2C[C@@H]1NCc1ccc(OC(F)(F)F)cc1. The summed E-state index contributed by atoms with van der Waals surface area (Å²) in [6.45, 7) is 11.6. The average molecular weight is 503 g/mol. The van der Waals surface area contributed by atoms with Crippen LogP contribution in [0.4, 0.5) is 19.0 Å². The van der Waals surface area contributed by atoms with Crippen molar-refractivity contribution in [3.63, 3.8) is 0 Å². The second-order valence-corrected chi connectivity index (χ2v) is 14.5. The maximum absolute atomic E-state index is 12.4. The van der Waals surface area contributed by atoms with Gasteiger partial charge in [-0.15, -0.1) is 13.2 Å².